The maximum Gasteiger partial charge on any atom is 0.276 e. The number of nitrogens with zero attached hydrogens (tertiary/aromatic N) is 2. The summed E-state index contributed by atoms with van der Waals surface area (Å²) in [5.74, 6) is -0.226. The molecule has 0 atom stereocenters. The Morgan fingerprint density at radius 1 is 1.00 bits per heavy atom. The molecule has 0 aliphatic carbocycles. The number of amides is 2. The van der Waals surface area contributed by atoms with E-state index in [2.05, 4.69) is 20.6 Å². The maximum absolute atomic E-state index is 12.2. The summed E-state index contributed by atoms with van der Waals surface area (Å²) in [4.78, 5) is 32.3. The Morgan fingerprint density at radius 2 is 1.81 bits per heavy atom. The number of halogens is 1. The smallest absolute Gasteiger partial charge is 0.276 e. The van der Waals surface area contributed by atoms with E-state index < -0.39 is 5.91 Å². The Balaban J connectivity index is 1.53. The van der Waals surface area contributed by atoms with E-state index in [0.29, 0.717) is 23.8 Å². The highest BCUT2D eigenvalue weighted by atomic mass is 35.5. The molecule has 2 amide bonds. The number of thiazole rings is 1. The van der Waals surface area contributed by atoms with Gasteiger partial charge in [-0.3, -0.25) is 9.59 Å². The predicted octanol–water partition coefficient (Wildman–Crippen LogP) is 4.02. The van der Waals surface area contributed by atoms with Crippen LogP contribution in [0.15, 0.2) is 53.9 Å². The van der Waals surface area contributed by atoms with Gasteiger partial charge in [-0.15, -0.1) is 11.3 Å². The van der Waals surface area contributed by atoms with E-state index in [9.17, 15) is 9.59 Å². The summed E-state index contributed by atoms with van der Waals surface area (Å²) < 4.78 is 0. The van der Waals surface area contributed by atoms with E-state index in [0.717, 1.165) is 5.56 Å². The Morgan fingerprint density at radius 3 is 2.58 bits per heavy atom. The van der Waals surface area contributed by atoms with Crippen LogP contribution in [0.1, 0.15) is 22.5 Å². The molecule has 1 aromatic carbocycles. The van der Waals surface area contributed by atoms with Crippen molar-refractivity contribution >= 4 is 45.7 Å². The third-order valence-electron chi connectivity index (χ3n) is 3.42. The van der Waals surface area contributed by atoms with Crippen LogP contribution in [-0.2, 0) is 11.2 Å². The SMILES string of the molecule is O=C(CCc1ccccc1)Nc1nc(C(=O)Nc2cccc(Cl)n2)cs1. The van der Waals surface area contributed by atoms with Gasteiger partial charge in [-0.05, 0) is 24.1 Å². The van der Waals surface area contributed by atoms with Crippen molar-refractivity contribution in [3.8, 4) is 0 Å². The molecule has 0 saturated heterocycles. The summed E-state index contributed by atoms with van der Waals surface area (Å²) in [6.07, 6.45) is 0.989. The molecule has 0 saturated carbocycles. The van der Waals surface area contributed by atoms with Crippen molar-refractivity contribution in [3.63, 3.8) is 0 Å². The topological polar surface area (TPSA) is 84.0 Å². The zero-order valence-electron chi connectivity index (χ0n) is 13.6. The second kappa shape index (κ2) is 8.55. The summed E-state index contributed by atoms with van der Waals surface area (Å²) in [5, 5.41) is 7.56. The molecule has 0 spiro atoms. The molecule has 6 nitrogen and oxygen atoms in total. The average molecular weight is 387 g/mol. The molecule has 0 aliphatic heterocycles. The normalized spacial score (nSPS) is 10.3. The third kappa shape index (κ3) is 5.11. The number of hydrogen-bond donors (Lipinski definition) is 2. The summed E-state index contributed by atoms with van der Waals surface area (Å²) in [5.41, 5.74) is 1.30. The van der Waals surface area contributed by atoms with Gasteiger partial charge in [-0.1, -0.05) is 48.0 Å². The van der Waals surface area contributed by atoms with Gasteiger partial charge in [0.25, 0.3) is 5.91 Å². The molecule has 3 aromatic rings. The van der Waals surface area contributed by atoms with E-state index >= 15 is 0 Å². The van der Waals surface area contributed by atoms with Gasteiger partial charge >= 0.3 is 0 Å². The van der Waals surface area contributed by atoms with E-state index in [1.54, 1.807) is 23.6 Å². The number of carbonyl (C=O) groups excluding carboxylic acids is 2. The molecule has 0 fully saturated rings. The second-order valence-corrected chi connectivity index (χ2v) is 6.62. The first kappa shape index (κ1) is 18.0. The van der Waals surface area contributed by atoms with Crippen LogP contribution < -0.4 is 10.6 Å². The molecule has 2 heterocycles. The highest BCUT2D eigenvalue weighted by Gasteiger charge is 2.13. The van der Waals surface area contributed by atoms with Gasteiger partial charge < -0.3 is 10.6 Å². The summed E-state index contributed by atoms with van der Waals surface area (Å²) in [6, 6.07) is 14.7. The fourth-order valence-corrected chi connectivity index (χ4v) is 3.05. The number of carbonyl (C=O) groups is 2. The number of aryl methyl sites for hydroxylation is 1. The lowest BCUT2D eigenvalue weighted by Crippen LogP contribution is -2.15. The molecule has 0 bridgehead atoms. The maximum atomic E-state index is 12.2. The van der Waals surface area contributed by atoms with Gasteiger partial charge in [-0.25, -0.2) is 9.97 Å². The number of rotatable bonds is 6. The number of anilines is 2. The van der Waals surface area contributed by atoms with Crippen LogP contribution in [-0.4, -0.2) is 21.8 Å². The van der Waals surface area contributed by atoms with E-state index in [4.69, 9.17) is 11.6 Å². The van der Waals surface area contributed by atoms with Crippen molar-refractivity contribution in [2.24, 2.45) is 0 Å². The van der Waals surface area contributed by atoms with E-state index in [1.165, 1.54) is 11.3 Å². The third-order valence-corrected chi connectivity index (χ3v) is 4.39. The van der Waals surface area contributed by atoms with Gasteiger partial charge in [-0.2, -0.15) is 0 Å². The molecule has 8 heteroatoms. The largest absolute Gasteiger partial charge is 0.305 e. The molecule has 2 N–H and O–H groups in total. The van der Waals surface area contributed by atoms with Crippen LogP contribution in [0.5, 0.6) is 0 Å². The molecule has 2 aromatic heterocycles. The molecular formula is C18H15ClN4O2S. The van der Waals surface area contributed by atoms with Crippen LogP contribution in [0.25, 0.3) is 0 Å². The van der Waals surface area contributed by atoms with Crippen molar-refractivity contribution in [3.05, 3.63) is 70.3 Å². The minimum absolute atomic E-state index is 0.147. The Kier molecular flexibility index (Phi) is 5.93. The first-order valence-corrected chi connectivity index (χ1v) is 9.09. The van der Waals surface area contributed by atoms with Crippen LogP contribution in [0.3, 0.4) is 0 Å². The molecule has 0 unspecified atom stereocenters. The van der Waals surface area contributed by atoms with Gasteiger partial charge in [0.05, 0.1) is 0 Å². The van der Waals surface area contributed by atoms with Gasteiger partial charge in [0.1, 0.15) is 16.7 Å². The number of benzene rings is 1. The standard InChI is InChI=1S/C18H15ClN4O2S/c19-14-7-4-8-15(21-14)22-17(25)13-11-26-18(20-13)23-16(24)10-9-12-5-2-1-3-6-12/h1-8,11H,9-10H2,(H,20,23,24)(H,21,22,25). The first-order chi connectivity index (χ1) is 12.6. The van der Waals surface area contributed by atoms with Crippen molar-refractivity contribution in [2.45, 2.75) is 12.8 Å². The van der Waals surface area contributed by atoms with Crippen molar-refractivity contribution in [1.82, 2.24) is 9.97 Å². The highest BCUT2D eigenvalue weighted by Crippen LogP contribution is 2.17. The fourth-order valence-electron chi connectivity index (χ4n) is 2.18. The average Bonchev–Trinajstić information content (AvgIpc) is 3.09. The highest BCUT2D eigenvalue weighted by molar-refractivity contribution is 7.14. The lowest BCUT2D eigenvalue weighted by Gasteiger charge is -2.03. The summed E-state index contributed by atoms with van der Waals surface area (Å²) in [7, 11) is 0. The zero-order chi connectivity index (χ0) is 18.4. The minimum atomic E-state index is -0.416. The van der Waals surface area contributed by atoms with Gasteiger partial charge in [0.15, 0.2) is 5.13 Å². The Bertz CT molecular complexity index is 914. The Labute approximate surface area is 159 Å². The molecular weight excluding hydrogens is 372 g/mol. The number of pyridine rings is 1. The van der Waals surface area contributed by atoms with Gasteiger partial charge in [0.2, 0.25) is 5.91 Å². The predicted molar refractivity (Wildman–Crippen MR) is 103 cm³/mol. The monoisotopic (exact) mass is 386 g/mol. The van der Waals surface area contributed by atoms with E-state index in [1.807, 2.05) is 30.3 Å². The summed E-state index contributed by atoms with van der Waals surface area (Å²) in [6.45, 7) is 0. The molecule has 26 heavy (non-hydrogen) atoms. The number of aromatic nitrogens is 2. The minimum Gasteiger partial charge on any atom is -0.305 e. The first-order valence-electron chi connectivity index (χ1n) is 7.83. The van der Waals surface area contributed by atoms with Crippen LogP contribution >= 0.6 is 22.9 Å². The molecule has 132 valence electrons. The molecule has 0 aliphatic rings. The van der Waals surface area contributed by atoms with Crippen LogP contribution in [0, 0.1) is 0 Å². The lowest BCUT2D eigenvalue weighted by molar-refractivity contribution is -0.116. The Hall–Kier alpha value is -2.77. The van der Waals surface area contributed by atoms with Crippen LogP contribution in [0.4, 0.5) is 10.9 Å². The van der Waals surface area contributed by atoms with Gasteiger partial charge in [0, 0.05) is 11.8 Å². The lowest BCUT2D eigenvalue weighted by atomic mass is 10.1. The zero-order valence-corrected chi connectivity index (χ0v) is 15.2. The van der Waals surface area contributed by atoms with Crippen molar-refractivity contribution < 1.29 is 9.59 Å². The number of hydrogen-bond acceptors (Lipinski definition) is 5. The summed E-state index contributed by atoms with van der Waals surface area (Å²) >= 11 is 6.98. The molecule has 0 radical (unpaired) electrons. The van der Waals surface area contributed by atoms with Crippen LogP contribution in [0.2, 0.25) is 5.15 Å². The fraction of sp³-hybridized carbons (Fsp3) is 0.111. The number of nitrogens with one attached hydrogen (secondary N) is 2. The van der Waals surface area contributed by atoms with E-state index in [-0.39, 0.29) is 16.8 Å². The second-order valence-electron chi connectivity index (χ2n) is 5.37. The molecule has 3 rings (SSSR count). The quantitative estimate of drug-likeness (QED) is 0.627. The van der Waals surface area contributed by atoms with Crippen molar-refractivity contribution in [2.75, 3.05) is 10.6 Å². The van der Waals surface area contributed by atoms with Crippen molar-refractivity contribution in [1.29, 1.82) is 0 Å².